The fourth-order valence-corrected chi connectivity index (χ4v) is 4.11. The lowest BCUT2D eigenvalue weighted by Crippen LogP contribution is -2.37. The number of ether oxygens (including phenoxy) is 1. The number of hydrogen-bond donors (Lipinski definition) is 1. The number of nitrogens with two attached hydrogens (primary N) is 1. The highest BCUT2D eigenvalue weighted by Gasteiger charge is 2.24. The molecule has 10 heteroatoms. The molecule has 0 saturated heterocycles. The third kappa shape index (κ3) is 4.43. The van der Waals surface area contributed by atoms with Crippen LogP contribution in [0.5, 0.6) is 5.75 Å². The fourth-order valence-electron chi connectivity index (χ4n) is 3.99. The van der Waals surface area contributed by atoms with Crippen LogP contribution in [0.15, 0.2) is 60.9 Å². The van der Waals surface area contributed by atoms with Crippen molar-refractivity contribution in [2.24, 2.45) is 0 Å². The Hall–Kier alpha value is -3.95. The molecule has 0 unspecified atom stereocenters. The van der Waals surface area contributed by atoms with E-state index in [1.165, 1.54) is 6.33 Å². The third-order valence-corrected chi connectivity index (χ3v) is 5.91. The minimum Gasteiger partial charge on any atom is -0.490 e. The van der Waals surface area contributed by atoms with Crippen molar-refractivity contribution in [3.8, 4) is 22.7 Å². The second kappa shape index (κ2) is 9.36. The third-order valence-electron chi connectivity index (χ3n) is 5.66. The monoisotopic (exact) mass is 489 g/mol. The number of carbonyl (C=O) groups is 1. The summed E-state index contributed by atoms with van der Waals surface area (Å²) in [6.07, 6.45) is 4.85. The summed E-state index contributed by atoms with van der Waals surface area (Å²) >= 11 is 6.08. The Morgan fingerprint density at radius 3 is 2.77 bits per heavy atom. The van der Waals surface area contributed by atoms with Crippen LogP contribution in [0.1, 0.15) is 0 Å². The zero-order valence-corrected chi connectivity index (χ0v) is 20.1. The summed E-state index contributed by atoms with van der Waals surface area (Å²) in [7, 11) is 3.91. The number of likely N-dealkylation sites (N-methyl/N-ethyl adjacent to an activating group) is 1. The van der Waals surface area contributed by atoms with Crippen LogP contribution < -0.4 is 15.4 Å². The number of aromatic nitrogens is 4. The molecular formula is C25H24ClN7O2. The quantitative estimate of drug-likeness (QED) is 0.427. The Morgan fingerprint density at radius 2 is 2.00 bits per heavy atom. The smallest absolute Gasteiger partial charge is 0.250 e. The Bertz CT molecular complexity index is 1430. The first kappa shape index (κ1) is 22.8. The summed E-state index contributed by atoms with van der Waals surface area (Å²) in [6.45, 7) is 1.55. The minimum absolute atomic E-state index is 0.104. The van der Waals surface area contributed by atoms with Gasteiger partial charge in [0.05, 0.1) is 23.3 Å². The molecule has 0 atom stereocenters. The van der Waals surface area contributed by atoms with Gasteiger partial charge < -0.3 is 20.3 Å². The van der Waals surface area contributed by atoms with Crippen molar-refractivity contribution in [2.75, 3.05) is 44.4 Å². The van der Waals surface area contributed by atoms with Crippen molar-refractivity contribution in [1.82, 2.24) is 24.6 Å². The molecule has 178 valence electrons. The number of carbonyl (C=O) groups excluding carboxylic acids is 1. The summed E-state index contributed by atoms with van der Waals surface area (Å²) in [5.74, 6) is 0.862. The number of nitrogens with zero attached hydrogens (tertiary/aromatic N) is 6. The standard InChI is InChI=1S/C25H24ClN7O2/c1-31(2)11-3-4-21(34)32-12-13-35-20-10-9-18(14-19(20)32)33-25-22(24(27)28-15-29-25)23(30-33)16-5-7-17(26)8-6-16/h3-10,14-15H,11-13H2,1-2H3,(H2,27,28,29)/b4-3+. The molecule has 2 aromatic heterocycles. The number of halogens is 1. The van der Waals surface area contributed by atoms with E-state index in [1.807, 2.05) is 55.4 Å². The highest BCUT2D eigenvalue weighted by Crippen LogP contribution is 2.36. The molecule has 0 spiro atoms. The molecule has 2 aromatic carbocycles. The molecule has 35 heavy (non-hydrogen) atoms. The number of nitrogen functional groups attached to an aromatic ring is 1. The average molecular weight is 490 g/mol. The minimum atomic E-state index is -0.104. The van der Waals surface area contributed by atoms with Crippen molar-refractivity contribution in [1.29, 1.82) is 0 Å². The predicted molar refractivity (Wildman–Crippen MR) is 137 cm³/mol. The molecule has 5 rings (SSSR count). The first-order valence-electron chi connectivity index (χ1n) is 11.1. The van der Waals surface area contributed by atoms with Gasteiger partial charge in [0.1, 0.15) is 30.2 Å². The van der Waals surface area contributed by atoms with Crippen molar-refractivity contribution in [3.63, 3.8) is 0 Å². The zero-order valence-electron chi connectivity index (χ0n) is 19.3. The van der Waals surface area contributed by atoms with Gasteiger partial charge in [-0.25, -0.2) is 14.6 Å². The van der Waals surface area contributed by atoms with Crippen LogP contribution in [-0.4, -0.2) is 64.3 Å². The molecule has 1 amide bonds. The molecule has 1 aliphatic heterocycles. The second-order valence-electron chi connectivity index (χ2n) is 8.38. The van der Waals surface area contributed by atoms with Gasteiger partial charge in [0.15, 0.2) is 5.65 Å². The lowest BCUT2D eigenvalue weighted by atomic mass is 10.1. The van der Waals surface area contributed by atoms with Gasteiger partial charge in [-0.2, -0.15) is 5.10 Å². The molecule has 9 nitrogen and oxygen atoms in total. The topological polar surface area (TPSA) is 102 Å². The molecule has 2 N–H and O–H groups in total. The van der Waals surface area contributed by atoms with Gasteiger partial charge in [-0.15, -0.1) is 0 Å². The van der Waals surface area contributed by atoms with E-state index in [-0.39, 0.29) is 5.91 Å². The number of amides is 1. The van der Waals surface area contributed by atoms with Gasteiger partial charge in [0, 0.05) is 23.2 Å². The molecule has 0 aliphatic carbocycles. The van der Waals surface area contributed by atoms with Crippen molar-refractivity contribution in [3.05, 3.63) is 66.0 Å². The Morgan fingerprint density at radius 1 is 1.20 bits per heavy atom. The second-order valence-corrected chi connectivity index (χ2v) is 8.82. The van der Waals surface area contributed by atoms with Gasteiger partial charge in [-0.3, -0.25) is 4.79 Å². The van der Waals surface area contributed by atoms with Crippen LogP contribution in [0.3, 0.4) is 0 Å². The Kier molecular flexibility index (Phi) is 6.10. The van der Waals surface area contributed by atoms with E-state index >= 15 is 0 Å². The van der Waals surface area contributed by atoms with Crippen molar-refractivity contribution in [2.45, 2.75) is 0 Å². The first-order valence-corrected chi connectivity index (χ1v) is 11.5. The predicted octanol–water partition coefficient (Wildman–Crippen LogP) is 3.56. The first-order chi connectivity index (χ1) is 16.9. The van der Waals surface area contributed by atoms with Crippen LogP contribution in [0.4, 0.5) is 11.5 Å². The maximum atomic E-state index is 13.0. The SMILES string of the molecule is CN(C)C/C=C/C(=O)N1CCOc2ccc(-n3nc(-c4ccc(Cl)cc4)c4c(N)ncnc43)cc21. The normalized spacial score (nSPS) is 13.4. The maximum absolute atomic E-state index is 13.0. The Labute approximate surface area is 207 Å². The van der Waals surface area contributed by atoms with E-state index in [0.717, 1.165) is 5.56 Å². The number of benzene rings is 2. The summed E-state index contributed by atoms with van der Waals surface area (Å²) < 4.78 is 7.52. The molecule has 0 bridgehead atoms. The van der Waals surface area contributed by atoms with Gasteiger partial charge >= 0.3 is 0 Å². The fraction of sp³-hybridized carbons (Fsp3) is 0.200. The molecule has 3 heterocycles. The van der Waals surface area contributed by atoms with Crippen LogP contribution in [0, 0.1) is 0 Å². The lowest BCUT2D eigenvalue weighted by molar-refractivity contribution is -0.114. The van der Waals surface area contributed by atoms with Crippen LogP contribution in [-0.2, 0) is 4.79 Å². The van der Waals surface area contributed by atoms with E-state index in [9.17, 15) is 4.79 Å². The molecule has 1 aliphatic rings. The molecule has 0 fully saturated rings. The average Bonchev–Trinajstić information content (AvgIpc) is 3.24. The molecular weight excluding hydrogens is 466 g/mol. The number of rotatable bonds is 5. The van der Waals surface area contributed by atoms with E-state index in [2.05, 4.69) is 9.97 Å². The summed E-state index contributed by atoms with van der Waals surface area (Å²) in [6, 6.07) is 12.9. The number of hydrogen-bond acceptors (Lipinski definition) is 7. The summed E-state index contributed by atoms with van der Waals surface area (Å²) in [5.41, 5.74) is 9.67. The molecule has 0 saturated carbocycles. The van der Waals surface area contributed by atoms with Crippen LogP contribution in [0.25, 0.3) is 28.0 Å². The van der Waals surface area contributed by atoms with Crippen molar-refractivity contribution >= 4 is 40.0 Å². The van der Waals surface area contributed by atoms with Gasteiger partial charge in [-0.05, 0) is 44.4 Å². The van der Waals surface area contributed by atoms with Gasteiger partial charge in [0.25, 0.3) is 5.91 Å². The van der Waals surface area contributed by atoms with E-state index in [1.54, 1.807) is 27.8 Å². The zero-order chi connectivity index (χ0) is 24.5. The largest absolute Gasteiger partial charge is 0.490 e. The highest BCUT2D eigenvalue weighted by atomic mass is 35.5. The maximum Gasteiger partial charge on any atom is 0.250 e. The number of fused-ring (bicyclic) bond motifs is 2. The van der Waals surface area contributed by atoms with E-state index in [4.69, 9.17) is 27.2 Å². The Balaban J connectivity index is 1.60. The van der Waals surface area contributed by atoms with Crippen LogP contribution >= 0.6 is 11.6 Å². The number of anilines is 2. The molecule has 0 radical (unpaired) electrons. The van der Waals surface area contributed by atoms with Crippen molar-refractivity contribution < 1.29 is 9.53 Å². The summed E-state index contributed by atoms with van der Waals surface area (Å²) in [4.78, 5) is 25.3. The van der Waals surface area contributed by atoms with Gasteiger partial charge in [0.2, 0.25) is 0 Å². The van der Waals surface area contributed by atoms with E-state index in [0.29, 0.717) is 64.4 Å². The summed E-state index contributed by atoms with van der Waals surface area (Å²) in [5, 5.41) is 6.10. The molecule has 4 aromatic rings. The lowest BCUT2D eigenvalue weighted by Gasteiger charge is -2.29. The van der Waals surface area contributed by atoms with E-state index < -0.39 is 0 Å². The van der Waals surface area contributed by atoms with Gasteiger partial charge in [-0.1, -0.05) is 29.8 Å². The van der Waals surface area contributed by atoms with Crippen LogP contribution in [0.2, 0.25) is 5.02 Å². The highest BCUT2D eigenvalue weighted by molar-refractivity contribution is 6.30.